The molecule has 0 radical (unpaired) electrons. The van der Waals surface area contributed by atoms with Gasteiger partial charge in [-0.25, -0.2) is 0 Å². The van der Waals surface area contributed by atoms with Crippen LogP contribution in [-0.4, -0.2) is 0 Å². The van der Waals surface area contributed by atoms with Gasteiger partial charge in [0.2, 0.25) is 0 Å². The van der Waals surface area contributed by atoms with Gasteiger partial charge in [0.15, 0.2) is 0 Å². The number of nitrogens with two attached hydrogens (primary N) is 1. The molecule has 2 nitrogen and oxygen atoms in total. The monoisotopic (exact) mass is 243 g/mol. The molecule has 96 valence electrons. The average molecular weight is 243 g/mol. The SMILES string of the molecule is C=CCCCCCC(N)c1cc2ccccc2o1. The summed E-state index contributed by atoms with van der Waals surface area (Å²) in [6.07, 6.45) is 7.61. The Kier molecular flexibility index (Phi) is 4.59. The van der Waals surface area contributed by atoms with Crippen LogP contribution in [0.5, 0.6) is 0 Å². The molecule has 2 heteroatoms. The average Bonchev–Trinajstić information content (AvgIpc) is 2.82. The minimum absolute atomic E-state index is 0.0149. The van der Waals surface area contributed by atoms with Gasteiger partial charge in [0, 0.05) is 5.39 Å². The minimum atomic E-state index is 0.0149. The molecular formula is C16H21NO. The summed E-state index contributed by atoms with van der Waals surface area (Å²) in [6, 6.07) is 10.1. The van der Waals surface area contributed by atoms with E-state index in [1.165, 1.54) is 12.8 Å². The third kappa shape index (κ3) is 3.23. The fourth-order valence-electron chi connectivity index (χ4n) is 2.16. The Balaban J connectivity index is 1.88. The quantitative estimate of drug-likeness (QED) is 0.571. The van der Waals surface area contributed by atoms with Crippen molar-refractivity contribution in [2.45, 2.75) is 38.1 Å². The molecule has 18 heavy (non-hydrogen) atoms. The van der Waals surface area contributed by atoms with Crippen LogP contribution >= 0.6 is 0 Å². The summed E-state index contributed by atoms with van der Waals surface area (Å²) in [4.78, 5) is 0. The Morgan fingerprint density at radius 1 is 1.22 bits per heavy atom. The predicted octanol–water partition coefficient (Wildman–Crippen LogP) is 4.57. The van der Waals surface area contributed by atoms with E-state index in [0.29, 0.717) is 0 Å². The van der Waals surface area contributed by atoms with Gasteiger partial charge >= 0.3 is 0 Å². The van der Waals surface area contributed by atoms with Gasteiger partial charge < -0.3 is 10.2 Å². The van der Waals surface area contributed by atoms with Gasteiger partial charge in [-0.2, -0.15) is 0 Å². The first kappa shape index (κ1) is 12.9. The number of fused-ring (bicyclic) bond motifs is 1. The van der Waals surface area contributed by atoms with Crippen molar-refractivity contribution in [3.8, 4) is 0 Å². The van der Waals surface area contributed by atoms with Crippen molar-refractivity contribution in [3.05, 3.63) is 48.7 Å². The molecule has 1 unspecified atom stereocenters. The molecule has 1 atom stereocenters. The minimum Gasteiger partial charge on any atom is -0.459 e. The van der Waals surface area contributed by atoms with Crippen molar-refractivity contribution in [3.63, 3.8) is 0 Å². The number of allylic oxidation sites excluding steroid dienone is 1. The molecule has 0 saturated heterocycles. The Morgan fingerprint density at radius 3 is 2.83 bits per heavy atom. The summed E-state index contributed by atoms with van der Waals surface area (Å²) in [5.41, 5.74) is 7.09. The highest BCUT2D eigenvalue weighted by Gasteiger charge is 2.11. The molecule has 0 aliphatic heterocycles. The van der Waals surface area contributed by atoms with Crippen LogP contribution in [0.15, 0.2) is 47.4 Å². The second kappa shape index (κ2) is 6.41. The highest BCUT2D eigenvalue weighted by molar-refractivity contribution is 5.77. The van der Waals surface area contributed by atoms with Gasteiger partial charge in [0.25, 0.3) is 0 Å². The Labute approximate surface area is 108 Å². The fraction of sp³-hybridized carbons (Fsp3) is 0.375. The van der Waals surface area contributed by atoms with Crippen molar-refractivity contribution in [1.29, 1.82) is 0 Å². The first-order valence-electron chi connectivity index (χ1n) is 6.66. The van der Waals surface area contributed by atoms with Crippen molar-refractivity contribution in [2.75, 3.05) is 0 Å². The number of para-hydroxylation sites is 1. The molecule has 0 spiro atoms. The smallest absolute Gasteiger partial charge is 0.134 e. The van der Waals surface area contributed by atoms with Gasteiger partial charge in [0.05, 0.1) is 6.04 Å². The molecular weight excluding hydrogens is 222 g/mol. The van der Waals surface area contributed by atoms with Crippen LogP contribution in [0.4, 0.5) is 0 Å². The summed E-state index contributed by atoms with van der Waals surface area (Å²) in [5.74, 6) is 0.903. The summed E-state index contributed by atoms with van der Waals surface area (Å²) < 4.78 is 5.77. The lowest BCUT2D eigenvalue weighted by molar-refractivity contribution is 0.462. The second-order valence-electron chi connectivity index (χ2n) is 4.72. The third-order valence-corrected chi connectivity index (χ3v) is 3.23. The van der Waals surface area contributed by atoms with Gasteiger partial charge in [-0.1, -0.05) is 37.1 Å². The largest absolute Gasteiger partial charge is 0.459 e. The molecule has 2 N–H and O–H groups in total. The van der Waals surface area contributed by atoms with E-state index in [2.05, 4.69) is 18.7 Å². The lowest BCUT2D eigenvalue weighted by atomic mass is 10.1. The van der Waals surface area contributed by atoms with Gasteiger partial charge in [-0.05, 0) is 31.4 Å². The number of rotatable bonds is 7. The molecule has 0 saturated carbocycles. The molecule has 0 amide bonds. The van der Waals surface area contributed by atoms with E-state index in [1.807, 2.05) is 24.3 Å². The van der Waals surface area contributed by atoms with E-state index in [0.717, 1.165) is 36.0 Å². The van der Waals surface area contributed by atoms with Crippen LogP contribution in [0.1, 0.15) is 43.9 Å². The Bertz CT molecular complexity index is 468. The molecule has 0 fully saturated rings. The van der Waals surface area contributed by atoms with Crippen LogP contribution in [0.2, 0.25) is 0 Å². The van der Waals surface area contributed by atoms with E-state index in [1.54, 1.807) is 0 Å². The maximum atomic E-state index is 6.16. The molecule has 0 bridgehead atoms. The molecule has 1 aromatic heterocycles. The second-order valence-corrected chi connectivity index (χ2v) is 4.72. The molecule has 0 aliphatic rings. The Morgan fingerprint density at radius 2 is 2.06 bits per heavy atom. The van der Waals surface area contributed by atoms with Crippen molar-refractivity contribution in [2.24, 2.45) is 5.73 Å². The standard InChI is InChI=1S/C16H21NO/c1-2-3-4-5-6-10-14(17)16-12-13-9-7-8-11-15(13)18-16/h2,7-9,11-12,14H,1,3-6,10,17H2. The van der Waals surface area contributed by atoms with Crippen molar-refractivity contribution in [1.82, 2.24) is 0 Å². The van der Waals surface area contributed by atoms with Gasteiger partial charge in [-0.15, -0.1) is 6.58 Å². The lowest BCUT2D eigenvalue weighted by Crippen LogP contribution is -2.08. The zero-order valence-electron chi connectivity index (χ0n) is 10.8. The first-order valence-corrected chi connectivity index (χ1v) is 6.66. The summed E-state index contributed by atoms with van der Waals surface area (Å²) >= 11 is 0. The predicted molar refractivity (Wildman–Crippen MR) is 76.4 cm³/mol. The highest BCUT2D eigenvalue weighted by atomic mass is 16.3. The van der Waals surface area contributed by atoms with E-state index in [9.17, 15) is 0 Å². The summed E-state index contributed by atoms with van der Waals surface area (Å²) in [6.45, 7) is 3.73. The fourth-order valence-corrected chi connectivity index (χ4v) is 2.16. The van der Waals surface area contributed by atoms with E-state index in [4.69, 9.17) is 10.2 Å². The van der Waals surface area contributed by atoms with E-state index in [-0.39, 0.29) is 6.04 Å². The zero-order chi connectivity index (χ0) is 12.8. The number of hydrogen-bond donors (Lipinski definition) is 1. The number of hydrogen-bond acceptors (Lipinski definition) is 2. The van der Waals surface area contributed by atoms with Gasteiger partial charge in [0.1, 0.15) is 11.3 Å². The molecule has 2 rings (SSSR count). The number of benzene rings is 1. The number of furan rings is 1. The number of unbranched alkanes of at least 4 members (excludes halogenated alkanes) is 3. The van der Waals surface area contributed by atoms with E-state index < -0.39 is 0 Å². The molecule has 1 heterocycles. The summed E-state index contributed by atoms with van der Waals surface area (Å²) in [5, 5.41) is 1.13. The topological polar surface area (TPSA) is 39.2 Å². The third-order valence-electron chi connectivity index (χ3n) is 3.23. The van der Waals surface area contributed by atoms with Crippen LogP contribution in [0.25, 0.3) is 11.0 Å². The maximum absolute atomic E-state index is 6.16. The summed E-state index contributed by atoms with van der Waals surface area (Å²) in [7, 11) is 0. The van der Waals surface area contributed by atoms with E-state index >= 15 is 0 Å². The van der Waals surface area contributed by atoms with Crippen LogP contribution in [-0.2, 0) is 0 Å². The van der Waals surface area contributed by atoms with Crippen molar-refractivity contribution >= 4 is 11.0 Å². The normalized spacial score (nSPS) is 12.7. The van der Waals surface area contributed by atoms with Crippen LogP contribution in [0.3, 0.4) is 0 Å². The zero-order valence-corrected chi connectivity index (χ0v) is 10.8. The van der Waals surface area contributed by atoms with Crippen molar-refractivity contribution < 1.29 is 4.42 Å². The highest BCUT2D eigenvalue weighted by Crippen LogP contribution is 2.25. The van der Waals surface area contributed by atoms with Gasteiger partial charge in [-0.3, -0.25) is 0 Å². The molecule has 0 aliphatic carbocycles. The molecule has 1 aromatic carbocycles. The first-order chi connectivity index (χ1) is 8.81. The molecule has 2 aromatic rings. The maximum Gasteiger partial charge on any atom is 0.134 e. The lowest BCUT2D eigenvalue weighted by Gasteiger charge is -2.07. The Hall–Kier alpha value is -1.54. The van der Waals surface area contributed by atoms with Crippen LogP contribution in [0, 0.1) is 0 Å². The van der Waals surface area contributed by atoms with Crippen LogP contribution < -0.4 is 5.73 Å².